The minimum Gasteiger partial charge on any atom is -0.496 e. The molecule has 0 fully saturated rings. The van der Waals surface area contributed by atoms with Crippen LogP contribution in [0.3, 0.4) is 0 Å². The Morgan fingerprint density at radius 2 is 2.06 bits per heavy atom. The van der Waals surface area contributed by atoms with Crippen molar-refractivity contribution in [2.45, 2.75) is 26.7 Å². The summed E-state index contributed by atoms with van der Waals surface area (Å²) in [5, 5.41) is 0. The van der Waals surface area contributed by atoms with E-state index in [0.29, 0.717) is 11.8 Å². The predicted octanol–water partition coefficient (Wildman–Crippen LogP) is 4.90. The van der Waals surface area contributed by atoms with Crippen LogP contribution in [-0.4, -0.2) is 13.0 Å². The zero-order valence-corrected chi connectivity index (χ0v) is 13.0. The van der Waals surface area contributed by atoms with Crippen molar-refractivity contribution in [2.24, 2.45) is 11.8 Å². The Hall–Kier alpha value is -0.210. The highest BCUT2D eigenvalue weighted by atomic mass is 79.9. The first kappa shape index (κ1) is 14.8. The first-order chi connectivity index (χ1) is 8.06. The molecule has 1 nitrogen and oxygen atoms in total. The van der Waals surface area contributed by atoms with Gasteiger partial charge in [-0.25, -0.2) is 0 Å². The number of hydrogen-bond donors (Lipinski definition) is 0. The lowest BCUT2D eigenvalue weighted by atomic mass is 9.92. The summed E-state index contributed by atoms with van der Waals surface area (Å²) in [5.41, 5.74) is 1.31. The topological polar surface area (TPSA) is 9.23 Å². The molecule has 1 atom stereocenters. The van der Waals surface area contributed by atoms with E-state index in [9.17, 15) is 0 Å². The second kappa shape index (κ2) is 7.27. The van der Waals surface area contributed by atoms with E-state index < -0.39 is 0 Å². The van der Waals surface area contributed by atoms with Gasteiger partial charge in [0, 0.05) is 5.88 Å². The number of benzene rings is 1. The van der Waals surface area contributed by atoms with Gasteiger partial charge in [0.2, 0.25) is 0 Å². The molecule has 1 unspecified atom stereocenters. The molecule has 0 saturated heterocycles. The summed E-state index contributed by atoms with van der Waals surface area (Å²) in [6.45, 7) is 4.48. The van der Waals surface area contributed by atoms with Gasteiger partial charge < -0.3 is 4.74 Å². The van der Waals surface area contributed by atoms with E-state index >= 15 is 0 Å². The summed E-state index contributed by atoms with van der Waals surface area (Å²) in [6, 6.07) is 6.24. The van der Waals surface area contributed by atoms with Crippen LogP contribution in [0.15, 0.2) is 22.7 Å². The van der Waals surface area contributed by atoms with Gasteiger partial charge in [0.25, 0.3) is 0 Å². The first-order valence-corrected chi connectivity index (χ1v) is 7.28. The molecule has 3 heteroatoms. The normalized spacial score (nSPS) is 12.8. The molecule has 0 aliphatic carbocycles. The van der Waals surface area contributed by atoms with Gasteiger partial charge in [0.05, 0.1) is 11.6 Å². The molecule has 0 bridgehead atoms. The summed E-state index contributed by atoms with van der Waals surface area (Å²) in [4.78, 5) is 0. The van der Waals surface area contributed by atoms with Crippen molar-refractivity contribution in [2.75, 3.05) is 13.0 Å². The van der Waals surface area contributed by atoms with Gasteiger partial charge in [-0.05, 0) is 58.3 Å². The fourth-order valence-corrected chi connectivity index (χ4v) is 2.86. The van der Waals surface area contributed by atoms with Crippen LogP contribution in [0.5, 0.6) is 5.75 Å². The second-order valence-corrected chi connectivity index (χ2v) is 5.99. The van der Waals surface area contributed by atoms with Crippen LogP contribution in [0.25, 0.3) is 0 Å². The third kappa shape index (κ3) is 4.89. The molecular weight excluding hydrogens is 300 g/mol. The van der Waals surface area contributed by atoms with Crippen molar-refractivity contribution >= 4 is 27.5 Å². The molecule has 0 aromatic heterocycles. The number of hydrogen-bond acceptors (Lipinski definition) is 1. The van der Waals surface area contributed by atoms with Crippen molar-refractivity contribution in [3.05, 3.63) is 28.2 Å². The highest BCUT2D eigenvalue weighted by Gasteiger charge is 2.11. The van der Waals surface area contributed by atoms with Crippen LogP contribution < -0.4 is 4.74 Å². The second-order valence-electron chi connectivity index (χ2n) is 4.82. The standard InChI is InChI=1S/C14H20BrClO/c1-10(2)6-12(9-16)7-11-4-5-14(17-3)13(15)8-11/h4-5,8,10,12H,6-7,9H2,1-3H3. The maximum Gasteiger partial charge on any atom is 0.133 e. The van der Waals surface area contributed by atoms with E-state index in [2.05, 4.69) is 41.9 Å². The molecule has 0 aliphatic rings. The average molecular weight is 320 g/mol. The van der Waals surface area contributed by atoms with Crippen molar-refractivity contribution < 1.29 is 4.74 Å². The van der Waals surface area contributed by atoms with Gasteiger partial charge in [-0.15, -0.1) is 11.6 Å². The molecule has 0 heterocycles. The smallest absolute Gasteiger partial charge is 0.133 e. The fourth-order valence-electron chi connectivity index (χ4n) is 2.04. The minimum absolute atomic E-state index is 0.553. The van der Waals surface area contributed by atoms with Gasteiger partial charge in [-0.3, -0.25) is 0 Å². The largest absolute Gasteiger partial charge is 0.496 e. The Morgan fingerprint density at radius 3 is 2.53 bits per heavy atom. The lowest BCUT2D eigenvalue weighted by Gasteiger charge is -2.16. The van der Waals surface area contributed by atoms with Crippen molar-refractivity contribution in [3.63, 3.8) is 0 Å². The van der Waals surface area contributed by atoms with Crippen molar-refractivity contribution in [1.29, 1.82) is 0 Å². The number of alkyl halides is 1. The van der Waals surface area contributed by atoms with Crippen LogP contribution in [-0.2, 0) is 6.42 Å². The highest BCUT2D eigenvalue weighted by Crippen LogP contribution is 2.27. The van der Waals surface area contributed by atoms with E-state index in [4.69, 9.17) is 16.3 Å². The third-order valence-corrected chi connectivity index (χ3v) is 3.82. The third-order valence-electron chi connectivity index (χ3n) is 2.76. The molecule has 1 aromatic rings. The molecule has 17 heavy (non-hydrogen) atoms. The predicted molar refractivity (Wildman–Crippen MR) is 78.1 cm³/mol. The van der Waals surface area contributed by atoms with Gasteiger partial charge in [-0.2, -0.15) is 0 Å². The zero-order chi connectivity index (χ0) is 12.8. The minimum atomic E-state index is 0.553. The Bertz CT molecular complexity index is 352. The first-order valence-electron chi connectivity index (χ1n) is 5.95. The molecule has 1 rings (SSSR count). The molecule has 1 aromatic carbocycles. The van der Waals surface area contributed by atoms with E-state index in [0.717, 1.165) is 22.5 Å². The summed E-state index contributed by atoms with van der Waals surface area (Å²) in [7, 11) is 1.68. The van der Waals surface area contributed by atoms with E-state index in [1.807, 2.05) is 6.07 Å². The maximum absolute atomic E-state index is 6.02. The lowest BCUT2D eigenvalue weighted by Crippen LogP contribution is -2.09. The van der Waals surface area contributed by atoms with Crippen molar-refractivity contribution in [3.8, 4) is 5.75 Å². The Balaban J connectivity index is 2.69. The lowest BCUT2D eigenvalue weighted by molar-refractivity contribution is 0.411. The maximum atomic E-state index is 6.02. The summed E-state index contributed by atoms with van der Waals surface area (Å²) in [6.07, 6.45) is 2.21. The fraction of sp³-hybridized carbons (Fsp3) is 0.571. The molecule has 0 radical (unpaired) electrons. The molecule has 96 valence electrons. The molecular formula is C14H20BrClO. The van der Waals surface area contributed by atoms with Crippen LogP contribution in [0.4, 0.5) is 0 Å². The van der Waals surface area contributed by atoms with Crippen LogP contribution in [0.2, 0.25) is 0 Å². The Labute approximate surface area is 118 Å². The average Bonchev–Trinajstić information content (AvgIpc) is 2.27. The molecule has 0 saturated carbocycles. The molecule has 0 spiro atoms. The number of rotatable bonds is 6. The van der Waals surface area contributed by atoms with Gasteiger partial charge in [-0.1, -0.05) is 19.9 Å². The van der Waals surface area contributed by atoms with E-state index in [-0.39, 0.29) is 0 Å². The van der Waals surface area contributed by atoms with Crippen LogP contribution >= 0.6 is 27.5 Å². The van der Waals surface area contributed by atoms with E-state index in [1.165, 1.54) is 12.0 Å². The molecule has 0 N–H and O–H groups in total. The number of halogens is 2. The zero-order valence-electron chi connectivity index (χ0n) is 10.7. The quantitative estimate of drug-likeness (QED) is 0.678. The number of methoxy groups -OCH3 is 1. The SMILES string of the molecule is COc1ccc(CC(CCl)CC(C)C)cc1Br. The highest BCUT2D eigenvalue weighted by molar-refractivity contribution is 9.10. The Kier molecular flexibility index (Phi) is 6.35. The van der Waals surface area contributed by atoms with Crippen LogP contribution in [0, 0.1) is 11.8 Å². The van der Waals surface area contributed by atoms with Gasteiger partial charge >= 0.3 is 0 Å². The van der Waals surface area contributed by atoms with Crippen molar-refractivity contribution in [1.82, 2.24) is 0 Å². The van der Waals surface area contributed by atoms with Gasteiger partial charge in [0.15, 0.2) is 0 Å². The van der Waals surface area contributed by atoms with E-state index in [1.54, 1.807) is 7.11 Å². The monoisotopic (exact) mass is 318 g/mol. The summed E-state index contributed by atoms with van der Waals surface area (Å²) in [5.74, 6) is 2.85. The number of ether oxygens (including phenoxy) is 1. The summed E-state index contributed by atoms with van der Waals surface area (Å²) >= 11 is 9.54. The molecule has 0 aliphatic heterocycles. The van der Waals surface area contributed by atoms with Gasteiger partial charge in [0.1, 0.15) is 5.75 Å². The van der Waals surface area contributed by atoms with Crippen LogP contribution in [0.1, 0.15) is 25.8 Å². The Morgan fingerprint density at radius 1 is 1.35 bits per heavy atom. The molecule has 0 amide bonds. The summed E-state index contributed by atoms with van der Waals surface area (Å²) < 4.78 is 6.23.